The summed E-state index contributed by atoms with van der Waals surface area (Å²) in [6, 6.07) is 25.6. The van der Waals surface area contributed by atoms with E-state index < -0.39 is 94.9 Å². The zero-order valence-electron chi connectivity index (χ0n) is 33.5. The fraction of sp³-hybridized carbons (Fsp3) is 0.444. The van der Waals surface area contributed by atoms with Crippen molar-refractivity contribution in [3.8, 4) is 0 Å². The van der Waals surface area contributed by atoms with Crippen LogP contribution in [0.3, 0.4) is 0 Å². The maximum Gasteiger partial charge on any atom is 0.509 e. The third-order valence-electron chi connectivity index (χ3n) is 12.7. The first-order valence-electron chi connectivity index (χ1n) is 19.5. The fourth-order valence-electron chi connectivity index (χ4n) is 9.60. The Bertz CT molecular complexity index is 2120. The summed E-state index contributed by atoms with van der Waals surface area (Å²) in [7, 11) is 0. The molecule has 2 N–H and O–H groups in total. The zero-order valence-corrected chi connectivity index (χ0v) is 33.5. The molecule has 0 spiro atoms. The van der Waals surface area contributed by atoms with Crippen LogP contribution in [0.5, 0.6) is 0 Å². The van der Waals surface area contributed by atoms with Gasteiger partial charge in [-0.3, -0.25) is 9.59 Å². The van der Waals surface area contributed by atoms with Crippen LogP contribution >= 0.6 is 0 Å². The van der Waals surface area contributed by atoms with E-state index in [9.17, 15) is 29.4 Å². The molecule has 7 rings (SSSR count). The molecule has 312 valence electrons. The maximum atomic E-state index is 15.9. The average Bonchev–Trinajstić information content (AvgIpc) is 3.21. The molecular formula is C45H48O14. The van der Waals surface area contributed by atoms with Gasteiger partial charge in [0.15, 0.2) is 17.5 Å². The highest BCUT2D eigenvalue weighted by Crippen LogP contribution is 2.64. The van der Waals surface area contributed by atoms with E-state index in [2.05, 4.69) is 0 Å². The predicted octanol–water partition coefficient (Wildman–Crippen LogP) is 5.80. The molecule has 3 aliphatic carbocycles. The summed E-state index contributed by atoms with van der Waals surface area (Å²) in [5.41, 5.74) is -6.12. The van der Waals surface area contributed by atoms with E-state index in [0.29, 0.717) is 11.1 Å². The van der Waals surface area contributed by atoms with Crippen LogP contribution < -0.4 is 0 Å². The van der Waals surface area contributed by atoms with Crippen molar-refractivity contribution in [2.24, 2.45) is 16.7 Å². The number of hydrogen-bond acceptors (Lipinski definition) is 14. The predicted molar refractivity (Wildman–Crippen MR) is 206 cm³/mol. The van der Waals surface area contributed by atoms with Gasteiger partial charge < -0.3 is 43.4 Å². The van der Waals surface area contributed by atoms with Crippen molar-refractivity contribution < 1.29 is 67.3 Å². The third kappa shape index (κ3) is 7.27. The molecule has 2 saturated carbocycles. The van der Waals surface area contributed by atoms with Crippen LogP contribution in [0.25, 0.3) is 0 Å². The highest BCUT2D eigenvalue weighted by molar-refractivity contribution is 5.95. The number of Topliss-reactive ketones (excluding diaryl/α,β-unsaturated/α-hetero) is 1. The van der Waals surface area contributed by atoms with E-state index in [-0.39, 0.29) is 43.0 Å². The normalized spacial score (nSPS) is 31.7. The van der Waals surface area contributed by atoms with Crippen molar-refractivity contribution in [2.45, 2.75) is 102 Å². The summed E-state index contributed by atoms with van der Waals surface area (Å²) >= 11 is 0. The minimum atomic E-state index is -2.28. The third-order valence-corrected chi connectivity index (χ3v) is 12.7. The molecule has 0 amide bonds. The molecule has 1 heterocycles. The van der Waals surface area contributed by atoms with Crippen LogP contribution in [-0.2, 0) is 56.0 Å². The lowest BCUT2D eigenvalue weighted by Crippen LogP contribution is -2.82. The summed E-state index contributed by atoms with van der Waals surface area (Å²) in [6.45, 7) is 6.66. The topological polar surface area (TPSA) is 190 Å². The van der Waals surface area contributed by atoms with Gasteiger partial charge in [0.1, 0.15) is 37.1 Å². The number of rotatable bonds is 9. The smallest absolute Gasteiger partial charge is 0.455 e. The number of aliphatic hydroxyl groups excluding tert-OH is 1. The standard InChI is InChI=1S/C45H48O14/c1-26-31(47)22-45(52)38(58-39(49)30-19-13-8-14-20-30)36-43(5,37(48)35(34(26)42(45,3)4)57-41(51)54-24-29-17-11-7-12-18-29)32(21-33-44(36,25-55-33)59-27(2)46)56-40(50)53-23-28-15-9-6-10-16-28/h6-20,31-33,35-36,38,47,52H,21-25H2,1-5H3/t31-,32-,33+,35+,36-,38-,43+,44-,45+/m0/s1. The Morgan fingerprint density at radius 2 is 1.34 bits per heavy atom. The van der Waals surface area contributed by atoms with Crippen molar-refractivity contribution >= 4 is 30.0 Å². The summed E-state index contributed by atoms with van der Waals surface area (Å²) < 4.78 is 41.6. The lowest BCUT2D eigenvalue weighted by atomic mass is 9.44. The van der Waals surface area contributed by atoms with Gasteiger partial charge in [-0.1, -0.05) is 92.7 Å². The first-order valence-corrected chi connectivity index (χ1v) is 19.5. The van der Waals surface area contributed by atoms with Crippen LogP contribution in [-0.4, -0.2) is 88.6 Å². The summed E-state index contributed by atoms with van der Waals surface area (Å²) in [5, 5.41) is 25.2. The van der Waals surface area contributed by atoms with Gasteiger partial charge in [-0.15, -0.1) is 0 Å². The van der Waals surface area contributed by atoms with Gasteiger partial charge in [0.2, 0.25) is 0 Å². The van der Waals surface area contributed by atoms with Crippen molar-refractivity contribution in [3.63, 3.8) is 0 Å². The molecule has 0 unspecified atom stereocenters. The molecule has 9 atom stereocenters. The van der Waals surface area contributed by atoms with Gasteiger partial charge in [0.05, 0.1) is 29.6 Å². The number of esters is 2. The van der Waals surface area contributed by atoms with Crippen LogP contribution in [0.15, 0.2) is 102 Å². The van der Waals surface area contributed by atoms with Crippen molar-refractivity contribution in [3.05, 3.63) is 119 Å². The number of ketones is 1. The monoisotopic (exact) mass is 812 g/mol. The number of benzene rings is 3. The van der Waals surface area contributed by atoms with Gasteiger partial charge in [0.25, 0.3) is 0 Å². The second-order valence-electron chi connectivity index (χ2n) is 16.4. The van der Waals surface area contributed by atoms with Crippen molar-refractivity contribution in [2.75, 3.05) is 6.61 Å². The molecule has 1 aliphatic heterocycles. The zero-order chi connectivity index (χ0) is 42.3. The number of hydrogen-bond donors (Lipinski definition) is 2. The van der Waals surface area contributed by atoms with Crippen LogP contribution in [0.2, 0.25) is 0 Å². The summed E-state index contributed by atoms with van der Waals surface area (Å²) in [4.78, 5) is 70.6. The number of aliphatic hydroxyl groups is 2. The number of fused-ring (bicyclic) bond motifs is 5. The molecule has 14 nitrogen and oxygen atoms in total. The van der Waals surface area contributed by atoms with Gasteiger partial charge in [-0.2, -0.15) is 0 Å². The van der Waals surface area contributed by atoms with Crippen molar-refractivity contribution in [1.82, 2.24) is 0 Å². The first kappa shape index (κ1) is 41.6. The molecule has 4 aliphatic rings. The van der Waals surface area contributed by atoms with Crippen LogP contribution in [0, 0.1) is 16.7 Å². The summed E-state index contributed by atoms with van der Waals surface area (Å²) in [5.74, 6) is -4.08. The van der Waals surface area contributed by atoms with E-state index in [1.54, 1.807) is 99.6 Å². The van der Waals surface area contributed by atoms with Gasteiger partial charge in [-0.25, -0.2) is 14.4 Å². The highest BCUT2D eigenvalue weighted by atomic mass is 16.7. The minimum absolute atomic E-state index is 0.0276. The Balaban J connectivity index is 1.40. The van der Waals surface area contributed by atoms with Crippen molar-refractivity contribution in [1.29, 1.82) is 0 Å². The average molecular weight is 813 g/mol. The Hall–Kier alpha value is -5.57. The largest absolute Gasteiger partial charge is 0.509 e. The SMILES string of the molecule is CC(=O)O[C@@]12CO[C@@H]1C[C@H](OC(=O)OCc1ccccc1)[C@@]1(C)C(=O)[C@H](OC(=O)OCc3ccccc3)C3=C(C)[C@@H](O)C[C@@](O)([C@@H](OC(=O)c4ccccc4)[C@H]21)C3(C)C. The van der Waals surface area contributed by atoms with E-state index in [4.69, 9.17) is 33.2 Å². The Labute approximate surface area is 341 Å². The number of carbonyl (C=O) groups is 5. The molecular weight excluding hydrogens is 764 g/mol. The minimum Gasteiger partial charge on any atom is -0.455 e. The molecule has 0 aromatic heterocycles. The highest BCUT2D eigenvalue weighted by Gasteiger charge is 2.79. The quantitative estimate of drug-likeness (QED) is 0.150. The molecule has 0 radical (unpaired) electrons. The van der Waals surface area contributed by atoms with Crippen LogP contribution in [0.1, 0.15) is 68.9 Å². The maximum absolute atomic E-state index is 15.9. The van der Waals surface area contributed by atoms with E-state index in [1.165, 1.54) is 26.0 Å². The second kappa shape index (κ2) is 15.9. The van der Waals surface area contributed by atoms with E-state index >= 15 is 4.79 Å². The Morgan fingerprint density at radius 3 is 1.86 bits per heavy atom. The van der Waals surface area contributed by atoms with E-state index in [1.807, 2.05) is 0 Å². The Morgan fingerprint density at radius 1 is 0.797 bits per heavy atom. The lowest BCUT2D eigenvalue weighted by Gasteiger charge is -2.67. The van der Waals surface area contributed by atoms with Gasteiger partial charge >= 0.3 is 24.2 Å². The number of ether oxygens (including phenoxy) is 7. The van der Waals surface area contributed by atoms with E-state index in [0.717, 1.165) is 0 Å². The lowest BCUT2D eigenvalue weighted by molar-refractivity contribution is -0.346. The molecule has 3 fully saturated rings. The first-order chi connectivity index (χ1) is 28.0. The summed E-state index contributed by atoms with van der Waals surface area (Å²) in [6.07, 6.45) is -10.6. The molecule has 2 bridgehead atoms. The second-order valence-corrected chi connectivity index (χ2v) is 16.4. The molecule has 59 heavy (non-hydrogen) atoms. The Kier molecular flexibility index (Phi) is 11.2. The molecule has 3 aromatic carbocycles. The number of carbonyl (C=O) groups excluding carboxylic acids is 5. The van der Waals surface area contributed by atoms with Gasteiger partial charge in [-0.05, 0) is 48.3 Å². The van der Waals surface area contributed by atoms with Crippen LogP contribution in [0.4, 0.5) is 9.59 Å². The fourth-order valence-corrected chi connectivity index (χ4v) is 9.60. The molecule has 14 heteroatoms. The molecule has 3 aromatic rings. The molecule has 1 saturated heterocycles. The van der Waals surface area contributed by atoms with Gasteiger partial charge in [0, 0.05) is 25.2 Å².